The molecule has 2 aromatic heterocycles. The fourth-order valence-corrected chi connectivity index (χ4v) is 10.5. The van der Waals surface area contributed by atoms with Crippen LogP contribution in [0.15, 0.2) is 90.0 Å². The van der Waals surface area contributed by atoms with Crippen LogP contribution in [0, 0.1) is 11.3 Å². The van der Waals surface area contributed by atoms with Crippen LogP contribution in [0.1, 0.15) is 63.5 Å². The van der Waals surface area contributed by atoms with Gasteiger partial charge in [0.25, 0.3) is 5.56 Å². The second kappa shape index (κ2) is 16.9. The monoisotopic (exact) mass is 770 g/mol. The highest BCUT2D eigenvalue weighted by molar-refractivity contribution is 7.63. The zero-order valence-electron chi connectivity index (χ0n) is 32.0. The van der Waals surface area contributed by atoms with Crippen molar-refractivity contribution in [3.63, 3.8) is 0 Å². The van der Waals surface area contributed by atoms with Crippen molar-refractivity contribution >= 4 is 25.0 Å². The molecule has 290 valence electrons. The van der Waals surface area contributed by atoms with E-state index < -0.39 is 37.5 Å². The van der Waals surface area contributed by atoms with E-state index in [1.54, 1.807) is 18.8 Å². The molecule has 5 aromatic rings. The fraction of sp³-hybridized carbons (Fsp3) is 0.400. The molecule has 4 atom stereocenters. The lowest BCUT2D eigenvalue weighted by Crippen LogP contribution is -2.42. The molecule has 1 aliphatic rings. The molecule has 1 fully saturated rings. The topological polar surface area (TPSA) is 183 Å². The van der Waals surface area contributed by atoms with E-state index >= 15 is 0 Å². The molecule has 0 amide bonds. The van der Waals surface area contributed by atoms with Gasteiger partial charge in [-0.3, -0.25) is 14.3 Å². The Morgan fingerprint density at radius 3 is 2.13 bits per heavy atom. The number of nitrogens with one attached hydrogen (secondary N) is 1. The van der Waals surface area contributed by atoms with E-state index in [9.17, 15) is 14.9 Å². The molecule has 0 saturated carbocycles. The summed E-state index contributed by atoms with van der Waals surface area (Å²) < 4.78 is 35.6. The van der Waals surface area contributed by atoms with E-state index in [-0.39, 0.29) is 54.8 Å². The minimum absolute atomic E-state index is 0.00148. The van der Waals surface area contributed by atoms with Crippen LogP contribution in [-0.4, -0.2) is 80.4 Å². The van der Waals surface area contributed by atoms with Crippen molar-refractivity contribution in [1.29, 1.82) is 5.26 Å². The number of aromatic nitrogens is 4. The van der Waals surface area contributed by atoms with Gasteiger partial charge in [0.15, 0.2) is 11.2 Å². The van der Waals surface area contributed by atoms with Crippen LogP contribution in [0.2, 0.25) is 0 Å². The predicted molar refractivity (Wildman–Crippen MR) is 211 cm³/mol. The summed E-state index contributed by atoms with van der Waals surface area (Å²) in [6, 6.07) is 27.4. The Hall–Kier alpha value is -4.87. The SMILES string of the molecule is COc1ccc(C(OC[C@H]2O[C@@H](n3cnc4c(=O)[nH]c(N)nc43)C[C@@H]2O[P+](O)(CCC#N)N(C(C)C)C(C)C)(c2ccccc2)c2ccc(OC)cc2)cc1. The highest BCUT2D eigenvalue weighted by atomic mass is 31.2. The summed E-state index contributed by atoms with van der Waals surface area (Å²) in [5.74, 6) is 1.33. The number of aromatic amines is 1. The van der Waals surface area contributed by atoms with Gasteiger partial charge in [-0.15, -0.1) is 4.67 Å². The molecule has 3 heterocycles. The number of rotatable bonds is 16. The van der Waals surface area contributed by atoms with Crippen LogP contribution in [0.25, 0.3) is 11.2 Å². The average Bonchev–Trinajstić information content (AvgIpc) is 3.78. The maximum absolute atomic E-state index is 12.7. The third kappa shape index (κ3) is 8.09. The number of hydrogen-bond donors (Lipinski definition) is 3. The van der Waals surface area contributed by atoms with Crippen molar-refractivity contribution in [2.24, 2.45) is 0 Å². The van der Waals surface area contributed by atoms with Crippen LogP contribution < -0.4 is 20.8 Å². The number of nitrogen functional groups attached to an aromatic ring is 1. The van der Waals surface area contributed by atoms with E-state index in [0.29, 0.717) is 11.5 Å². The standard InChI is InChI=1S/C40H48N7O7P/c1-26(2)47(27(3)4)55(49,22-10-21-41)54-33-23-35(46-25-43-36-37(46)44-39(42)45-38(36)48)53-34(33)24-52-40(28-11-8-7-9-12-28,29-13-17-31(50-5)18-14-29)30-15-19-32(51-6)20-16-30/h7-9,11-20,25-27,33-35,49H,10,22-24H2,1-6H3,(H2-,42,44,45,48)/p+1/t33-,34+,35+,55?/m0/s1. The van der Waals surface area contributed by atoms with Gasteiger partial charge in [-0.1, -0.05) is 54.6 Å². The van der Waals surface area contributed by atoms with Gasteiger partial charge in [-0.05, 0) is 68.7 Å². The summed E-state index contributed by atoms with van der Waals surface area (Å²) in [5, 5.41) is 9.64. The highest BCUT2D eigenvalue weighted by Crippen LogP contribution is 2.63. The molecule has 0 spiro atoms. The number of fused-ring (bicyclic) bond motifs is 1. The Labute approximate surface area is 321 Å². The molecular formula is C40H49N7O7P+. The van der Waals surface area contributed by atoms with E-state index in [0.717, 1.165) is 16.7 Å². The lowest BCUT2D eigenvalue weighted by Gasteiger charge is -2.38. The summed E-state index contributed by atoms with van der Waals surface area (Å²) in [6.07, 6.45) is -0.219. The van der Waals surface area contributed by atoms with Crippen LogP contribution >= 0.6 is 7.87 Å². The van der Waals surface area contributed by atoms with Gasteiger partial charge >= 0.3 is 7.87 Å². The second-order valence-corrected chi connectivity index (χ2v) is 16.4. The van der Waals surface area contributed by atoms with Gasteiger partial charge in [-0.2, -0.15) is 14.8 Å². The summed E-state index contributed by atoms with van der Waals surface area (Å²) in [7, 11) is -0.143. The van der Waals surface area contributed by atoms with E-state index in [1.165, 1.54) is 6.33 Å². The van der Waals surface area contributed by atoms with E-state index in [2.05, 4.69) is 21.0 Å². The number of nitriles is 1. The number of nitrogens with two attached hydrogens (primary N) is 1. The molecule has 1 aliphatic heterocycles. The first-order chi connectivity index (χ1) is 26.4. The first-order valence-electron chi connectivity index (χ1n) is 18.2. The number of hydrogen-bond acceptors (Lipinski definition) is 12. The number of methoxy groups -OCH3 is 2. The molecule has 0 bridgehead atoms. The zero-order chi connectivity index (χ0) is 39.3. The van der Waals surface area contributed by atoms with Gasteiger partial charge in [0.05, 0.1) is 39.6 Å². The fourth-order valence-electron chi connectivity index (χ4n) is 7.52. The maximum atomic E-state index is 12.7. The molecule has 15 heteroatoms. The molecule has 55 heavy (non-hydrogen) atoms. The van der Waals surface area contributed by atoms with Gasteiger partial charge in [0.1, 0.15) is 41.7 Å². The molecule has 0 radical (unpaired) electrons. The maximum Gasteiger partial charge on any atom is 0.347 e. The van der Waals surface area contributed by atoms with Crippen molar-refractivity contribution in [3.05, 3.63) is 112 Å². The summed E-state index contributed by atoms with van der Waals surface area (Å²) >= 11 is 0. The third-order valence-electron chi connectivity index (χ3n) is 9.82. The molecule has 1 saturated heterocycles. The van der Waals surface area contributed by atoms with Gasteiger partial charge in [0, 0.05) is 18.5 Å². The molecule has 14 nitrogen and oxygen atoms in total. The van der Waals surface area contributed by atoms with Gasteiger partial charge in [-0.25, -0.2) is 9.88 Å². The van der Waals surface area contributed by atoms with Gasteiger partial charge < -0.3 is 24.7 Å². The Morgan fingerprint density at radius 2 is 1.58 bits per heavy atom. The minimum atomic E-state index is -3.39. The Balaban J connectivity index is 1.47. The van der Waals surface area contributed by atoms with Crippen LogP contribution in [0.4, 0.5) is 5.95 Å². The average molecular weight is 771 g/mol. The Kier molecular flexibility index (Phi) is 12.2. The number of nitrogens with zero attached hydrogens (tertiary/aromatic N) is 5. The van der Waals surface area contributed by atoms with Crippen LogP contribution in [0.3, 0.4) is 0 Å². The second-order valence-electron chi connectivity index (χ2n) is 14.0. The molecule has 1 unspecified atom stereocenters. The van der Waals surface area contributed by atoms with E-state index in [4.69, 9.17) is 29.2 Å². The minimum Gasteiger partial charge on any atom is -0.497 e. The number of imidazole rings is 1. The number of H-pyrrole nitrogens is 1. The van der Waals surface area contributed by atoms with Crippen molar-refractivity contribution in [2.75, 3.05) is 32.7 Å². The van der Waals surface area contributed by atoms with Crippen molar-refractivity contribution in [3.8, 4) is 17.6 Å². The predicted octanol–water partition coefficient (Wildman–Crippen LogP) is 6.19. The Morgan fingerprint density at radius 1 is 1.00 bits per heavy atom. The normalized spacial score (nSPS) is 18.5. The Bertz CT molecular complexity index is 2080. The van der Waals surface area contributed by atoms with Crippen molar-refractivity contribution < 1.29 is 28.4 Å². The third-order valence-corrected chi connectivity index (χ3v) is 12.9. The molecule has 3 aromatic carbocycles. The summed E-state index contributed by atoms with van der Waals surface area (Å²) in [5.41, 5.74) is 7.21. The van der Waals surface area contributed by atoms with Crippen molar-refractivity contribution in [1.82, 2.24) is 24.2 Å². The number of anilines is 1. The van der Waals surface area contributed by atoms with Crippen molar-refractivity contribution in [2.45, 2.75) is 76.7 Å². The lowest BCUT2D eigenvalue weighted by molar-refractivity contribution is -0.0915. The lowest BCUT2D eigenvalue weighted by atomic mass is 9.80. The smallest absolute Gasteiger partial charge is 0.347 e. The highest BCUT2D eigenvalue weighted by Gasteiger charge is 2.54. The van der Waals surface area contributed by atoms with Crippen LogP contribution in [0.5, 0.6) is 11.5 Å². The first-order valence-corrected chi connectivity index (χ1v) is 20.0. The molecule has 0 aliphatic carbocycles. The molecule has 6 rings (SSSR count). The quantitative estimate of drug-likeness (QED) is 0.0766. The first kappa shape index (κ1) is 39.8. The summed E-state index contributed by atoms with van der Waals surface area (Å²) in [6.45, 7) is 7.99. The molecule has 4 N–H and O–H groups in total. The zero-order valence-corrected chi connectivity index (χ0v) is 32.8. The molecular weight excluding hydrogens is 721 g/mol. The number of ether oxygens (including phenoxy) is 4. The largest absolute Gasteiger partial charge is 0.497 e. The van der Waals surface area contributed by atoms with Crippen LogP contribution in [-0.2, 0) is 19.6 Å². The van der Waals surface area contributed by atoms with Gasteiger partial charge in [0.2, 0.25) is 5.95 Å². The number of benzene rings is 3. The summed E-state index contributed by atoms with van der Waals surface area (Å²) in [4.78, 5) is 36.4. The van der Waals surface area contributed by atoms with E-state index in [1.807, 2.05) is 111 Å².